The second kappa shape index (κ2) is 8.25. The second-order valence-electron chi connectivity index (χ2n) is 7.31. The van der Waals surface area contributed by atoms with Crippen molar-refractivity contribution < 1.29 is 9.59 Å². The number of urea groups is 1. The van der Waals surface area contributed by atoms with Crippen LogP contribution in [0, 0.1) is 6.92 Å². The molecule has 0 bridgehead atoms. The normalized spacial score (nSPS) is 16.9. The first-order chi connectivity index (χ1) is 13.0. The highest BCUT2D eigenvalue weighted by atomic mass is 16.2. The zero-order chi connectivity index (χ0) is 19.3. The third-order valence-electron chi connectivity index (χ3n) is 5.44. The quantitative estimate of drug-likeness (QED) is 0.757. The molecule has 0 aromatic heterocycles. The molecule has 5 heteroatoms. The number of rotatable bonds is 5. The molecule has 4 N–H and O–H groups in total. The van der Waals surface area contributed by atoms with E-state index in [0.29, 0.717) is 12.8 Å². The van der Waals surface area contributed by atoms with Crippen LogP contribution in [0.1, 0.15) is 54.8 Å². The van der Waals surface area contributed by atoms with Crippen LogP contribution in [0.15, 0.2) is 54.6 Å². The minimum Gasteiger partial charge on any atom is -0.368 e. The third kappa shape index (κ3) is 4.30. The van der Waals surface area contributed by atoms with Gasteiger partial charge in [-0.15, -0.1) is 0 Å². The van der Waals surface area contributed by atoms with Crippen molar-refractivity contribution in [1.29, 1.82) is 0 Å². The van der Waals surface area contributed by atoms with Gasteiger partial charge < -0.3 is 16.4 Å². The molecule has 3 amide bonds. The van der Waals surface area contributed by atoms with Crippen LogP contribution >= 0.6 is 0 Å². The minimum absolute atomic E-state index is 0.305. The van der Waals surface area contributed by atoms with Crippen molar-refractivity contribution in [3.8, 4) is 0 Å². The van der Waals surface area contributed by atoms with Gasteiger partial charge in [-0.3, -0.25) is 4.79 Å². The van der Waals surface area contributed by atoms with Gasteiger partial charge in [0.05, 0.1) is 6.04 Å². The monoisotopic (exact) mass is 365 g/mol. The molecule has 3 rings (SSSR count). The minimum atomic E-state index is -0.949. The van der Waals surface area contributed by atoms with Crippen LogP contribution in [0.2, 0.25) is 0 Å². The molecule has 2 aromatic rings. The van der Waals surface area contributed by atoms with Crippen LogP contribution in [0.4, 0.5) is 4.79 Å². The molecule has 5 nitrogen and oxygen atoms in total. The fourth-order valence-corrected chi connectivity index (χ4v) is 3.87. The molecule has 2 aromatic carbocycles. The summed E-state index contributed by atoms with van der Waals surface area (Å²) in [4.78, 5) is 24.9. The Hall–Kier alpha value is -2.82. The van der Waals surface area contributed by atoms with Crippen molar-refractivity contribution in [1.82, 2.24) is 10.6 Å². The molecule has 1 aliphatic rings. The molecule has 1 saturated carbocycles. The van der Waals surface area contributed by atoms with Crippen molar-refractivity contribution in [3.63, 3.8) is 0 Å². The average molecular weight is 365 g/mol. The van der Waals surface area contributed by atoms with E-state index in [1.54, 1.807) is 0 Å². The summed E-state index contributed by atoms with van der Waals surface area (Å²) in [5, 5.41) is 5.96. The summed E-state index contributed by atoms with van der Waals surface area (Å²) in [5.74, 6) is -0.454. The van der Waals surface area contributed by atoms with E-state index in [2.05, 4.69) is 10.6 Å². The highest BCUT2D eigenvalue weighted by molar-refractivity contribution is 5.90. The SMILES string of the molecule is Cc1ccccc1C(NC(=O)NC1(C(N)=O)CCCCC1)c1ccccc1. The first-order valence-electron chi connectivity index (χ1n) is 9.51. The molecule has 0 radical (unpaired) electrons. The highest BCUT2D eigenvalue weighted by Gasteiger charge is 2.39. The Labute approximate surface area is 160 Å². The Balaban J connectivity index is 1.85. The summed E-state index contributed by atoms with van der Waals surface area (Å²) in [6.07, 6.45) is 4.03. The maximum Gasteiger partial charge on any atom is 0.316 e. The number of nitrogens with two attached hydrogens (primary N) is 1. The van der Waals surface area contributed by atoms with E-state index >= 15 is 0 Å². The molecule has 0 heterocycles. The van der Waals surface area contributed by atoms with Crippen LogP contribution in [0.3, 0.4) is 0 Å². The van der Waals surface area contributed by atoms with E-state index in [1.165, 1.54) is 0 Å². The summed E-state index contributed by atoms with van der Waals surface area (Å²) in [7, 11) is 0. The smallest absolute Gasteiger partial charge is 0.316 e. The number of aryl methyl sites for hydroxylation is 1. The van der Waals surface area contributed by atoms with Gasteiger partial charge in [-0.2, -0.15) is 0 Å². The van der Waals surface area contributed by atoms with Gasteiger partial charge in [0.15, 0.2) is 0 Å². The van der Waals surface area contributed by atoms with Crippen LogP contribution in [-0.4, -0.2) is 17.5 Å². The van der Waals surface area contributed by atoms with Gasteiger partial charge in [0.25, 0.3) is 0 Å². The standard InChI is InChI=1S/C22H27N3O2/c1-16-10-6-7-13-18(16)19(17-11-4-2-5-12-17)24-21(27)25-22(20(23)26)14-8-3-9-15-22/h2,4-7,10-13,19H,3,8-9,14-15H2,1H3,(H2,23,26)(H2,24,25,27). The predicted molar refractivity (Wildman–Crippen MR) is 106 cm³/mol. The molecular weight excluding hydrogens is 338 g/mol. The van der Waals surface area contributed by atoms with E-state index in [1.807, 2.05) is 61.5 Å². The van der Waals surface area contributed by atoms with Gasteiger partial charge in [-0.05, 0) is 36.5 Å². The second-order valence-corrected chi connectivity index (χ2v) is 7.31. The first-order valence-corrected chi connectivity index (χ1v) is 9.51. The lowest BCUT2D eigenvalue weighted by Gasteiger charge is -2.35. The fraction of sp³-hybridized carbons (Fsp3) is 0.364. The predicted octanol–water partition coefficient (Wildman–Crippen LogP) is 3.57. The maximum absolute atomic E-state index is 12.9. The van der Waals surface area contributed by atoms with E-state index in [9.17, 15) is 9.59 Å². The summed E-state index contributed by atoms with van der Waals surface area (Å²) in [6, 6.07) is 17.1. The van der Waals surface area contributed by atoms with Crippen molar-refractivity contribution in [3.05, 3.63) is 71.3 Å². The number of hydrogen-bond acceptors (Lipinski definition) is 2. The van der Waals surface area contributed by atoms with Gasteiger partial charge in [0.2, 0.25) is 5.91 Å². The Morgan fingerprint density at radius 3 is 2.22 bits per heavy atom. The Bertz CT molecular complexity index is 798. The topological polar surface area (TPSA) is 84.2 Å². The summed E-state index contributed by atoms with van der Waals surface area (Å²) >= 11 is 0. The van der Waals surface area contributed by atoms with Gasteiger partial charge >= 0.3 is 6.03 Å². The Kier molecular flexibility index (Phi) is 5.79. The Morgan fingerprint density at radius 2 is 1.59 bits per heavy atom. The van der Waals surface area contributed by atoms with Crippen molar-refractivity contribution in [2.24, 2.45) is 5.73 Å². The number of primary amides is 1. The summed E-state index contributed by atoms with van der Waals surface area (Å²) in [6.45, 7) is 2.02. The number of hydrogen-bond donors (Lipinski definition) is 3. The molecule has 0 saturated heterocycles. The molecule has 1 fully saturated rings. The Morgan fingerprint density at radius 1 is 0.963 bits per heavy atom. The summed E-state index contributed by atoms with van der Waals surface area (Å²) < 4.78 is 0. The molecule has 1 aliphatic carbocycles. The van der Waals surface area contributed by atoms with Crippen molar-refractivity contribution in [2.45, 2.75) is 50.6 Å². The third-order valence-corrected chi connectivity index (χ3v) is 5.44. The van der Waals surface area contributed by atoms with Crippen LogP contribution in [0.5, 0.6) is 0 Å². The molecule has 0 spiro atoms. The zero-order valence-electron chi connectivity index (χ0n) is 15.7. The van der Waals surface area contributed by atoms with Crippen molar-refractivity contribution in [2.75, 3.05) is 0 Å². The molecule has 142 valence electrons. The average Bonchev–Trinajstić information content (AvgIpc) is 2.68. The fourth-order valence-electron chi connectivity index (χ4n) is 3.87. The molecule has 0 aliphatic heterocycles. The van der Waals surface area contributed by atoms with E-state index in [0.717, 1.165) is 36.0 Å². The maximum atomic E-state index is 12.9. The number of amides is 3. The van der Waals surface area contributed by atoms with Crippen molar-refractivity contribution >= 4 is 11.9 Å². The lowest BCUT2D eigenvalue weighted by Crippen LogP contribution is -2.60. The zero-order valence-corrected chi connectivity index (χ0v) is 15.7. The van der Waals surface area contributed by atoms with E-state index in [4.69, 9.17) is 5.73 Å². The van der Waals surface area contributed by atoms with Gasteiger partial charge in [-0.25, -0.2) is 4.79 Å². The molecule has 1 unspecified atom stereocenters. The number of nitrogens with one attached hydrogen (secondary N) is 2. The first kappa shape index (κ1) is 19.0. The molecule has 27 heavy (non-hydrogen) atoms. The summed E-state index contributed by atoms with van der Waals surface area (Å²) in [5.41, 5.74) is 7.80. The molecular formula is C22H27N3O2. The number of carbonyl (C=O) groups excluding carboxylic acids is 2. The molecule has 1 atom stereocenters. The number of carbonyl (C=O) groups is 2. The van der Waals surface area contributed by atoms with E-state index in [-0.39, 0.29) is 12.1 Å². The number of benzene rings is 2. The van der Waals surface area contributed by atoms with Gasteiger partial charge in [-0.1, -0.05) is 73.9 Å². The van der Waals surface area contributed by atoms with Gasteiger partial charge in [0, 0.05) is 0 Å². The van der Waals surface area contributed by atoms with Crippen LogP contribution < -0.4 is 16.4 Å². The largest absolute Gasteiger partial charge is 0.368 e. The van der Waals surface area contributed by atoms with E-state index < -0.39 is 11.4 Å². The lowest BCUT2D eigenvalue weighted by atomic mass is 9.81. The highest BCUT2D eigenvalue weighted by Crippen LogP contribution is 2.29. The van der Waals surface area contributed by atoms with Crippen LogP contribution in [0.25, 0.3) is 0 Å². The lowest BCUT2D eigenvalue weighted by molar-refractivity contribution is -0.125. The van der Waals surface area contributed by atoms with Gasteiger partial charge in [0.1, 0.15) is 5.54 Å². The van der Waals surface area contributed by atoms with Crippen LogP contribution in [-0.2, 0) is 4.79 Å².